The molecule has 6 heteroatoms. The Hall–Kier alpha value is -1.11. The lowest BCUT2D eigenvalue weighted by Crippen LogP contribution is -2.17. The van der Waals surface area contributed by atoms with Crippen LogP contribution < -0.4 is 9.88 Å². The second-order valence-electron chi connectivity index (χ2n) is 2.91. The molecular weight excluding hydrogens is 218 g/mol. The van der Waals surface area contributed by atoms with Gasteiger partial charge in [0.05, 0.1) is 13.7 Å². The van der Waals surface area contributed by atoms with Gasteiger partial charge in [-0.25, -0.2) is 5.14 Å². The second-order valence-corrected chi connectivity index (χ2v) is 4.13. The molecule has 0 aliphatic carbocycles. The Kier molecular flexibility index (Phi) is 4.07. The molecular formula is C9H13NO4S. The topological polar surface area (TPSA) is 78.6 Å². The molecule has 0 amide bonds. The van der Waals surface area contributed by atoms with Gasteiger partial charge in [-0.1, -0.05) is 12.1 Å². The fraction of sp³-hybridized carbons (Fsp3) is 0.333. The highest BCUT2D eigenvalue weighted by atomic mass is 32.2. The fourth-order valence-electron chi connectivity index (χ4n) is 1.07. The molecule has 2 N–H and O–H groups in total. The minimum absolute atomic E-state index is 0.0468. The first kappa shape index (κ1) is 12.0. The van der Waals surface area contributed by atoms with E-state index in [4.69, 9.17) is 4.74 Å². The van der Waals surface area contributed by atoms with E-state index in [1.165, 1.54) is 0 Å². The summed E-state index contributed by atoms with van der Waals surface area (Å²) in [5, 5.41) is 4.68. The smallest absolute Gasteiger partial charge is 0.333 e. The van der Waals surface area contributed by atoms with Gasteiger partial charge in [0.2, 0.25) is 0 Å². The van der Waals surface area contributed by atoms with Crippen LogP contribution in [0.2, 0.25) is 0 Å². The van der Waals surface area contributed by atoms with E-state index in [2.05, 4.69) is 9.32 Å². The van der Waals surface area contributed by atoms with Gasteiger partial charge in [0.15, 0.2) is 0 Å². The van der Waals surface area contributed by atoms with E-state index < -0.39 is 10.3 Å². The zero-order chi connectivity index (χ0) is 11.3. The summed E-state index contributed by atoms with van der Waals surface area (Å²) >= 11 is 0. The average molecular weight is 231 g/mol. The van der Waals surface area contributed by atoms with Gasteiger partial charge in [-0.2, -0.15) is 8.42 Å². The molecule has 0 aliphatic heterocycles. The molecule has 1 aromatic carbocycles. The fourth-order valence-corrected chi connectivity index (χ4v) is 1.38. The van der Waals surface area contributed by atoms with Crippen molar-refractivity contribution < 1.29 is 17.3 Å². The van der Waals surface area contributed by atoms with Crippen molar-refractivity contribution >= 4 is 10.3 Å². The molecule has 1 aromatic rings. The Morgan fingerprint density at radius 2 is 1.87 bits per heavy atom. The van der Waals surface area contributed by atoms with Gasteiger partial charge in [-0.15, -0.1) is 0 Å². The van der Waals surface area contributed by atoms with E-state index in [9.17, 15) is 8.42 Å². The largest absolute Gasteiger partial charge is 0.497 e. The van der Waals surface area contributed by atoms with Crippen LogP contribution in [0.25, 0.3) is 0 Å². The van der Waals surface area contributed by atoms with E-state index in [1.807, 2.05) is 12.1 Å². The predicted octanol–water partition coefficient (Wildman–Crippen LogP) is 0.458. The summed E-state index contributed by atoms with van der Waals surface area (Å²) in [5.74, 6) is 0.756. The van der Waals surface area contributed by atoms with Crippen LogP contribution in [0.5, 0.6) is 5.75 Å². The maximum absolute atomic E-state index is 10.5. The summed E-state index contributed by atoms with van der Waals surface area (Å²) < 4.78 is 30.3. The van der Waals surface area contributed by atoms with Gasteiger partial charge >= 0.3 is 10.3 Å². The van der Waals surface area contributed by atoms with Crippen molar-refractivity contribution in [3.8, 4) is 5.75 Å². The molecule has 0 radical (unpaired) electrons. The van der Waals surface area contributed by atoms with Crippen molar-refractivity contribution in [1.29, 1.82) is 0 Å². The molecule has 0 heterocycles. The first-order valence-corrected chi connectivity index (χ1v) is 5.78. The second kappa shape index (κ2) is 5.11. The van der Waals surface area contributed by atoms with Crippen LogP contribution in [0, 0.1) is 0 Å². The summed E-state index contributed by atoms with van der Waals surface area (Å²) in [7, 11) is -2.25. The lowest BCUT2D eigenvalue weighted by molar-refractivity contribution is 0.322. The first-order chi connectivity index (χ1) is 7.01. The molecule has 1 rings (SSSR count). The van der Waals surface area contributed by atoms with Crippen LogP contribution >= 0.6 is 0 Å². The zero-order valence-corrected chi connectivity index (χ0v) is 9.16. The lowest BCUT2D eigenvalue weighted by atomic mass is 10.1. The van der Waals surface area contributed by atoms with Gasteiger partial charge < -0.3 is 4.74 Å². The van der Waals surface area contributed by atoms with E-state index >= 15 is 0 Å². The summed E-state index contributed by atoms with van der Waals surface area (Å²) in [6.07, 6.45) is 0.487. The van der Waals surface area contributed by atoms with Gasteiger partial charge in [0.25, 0.3) is 0 Å². The van der Waals surface area contributed by atoms with Crippen LogP contribution in [0.4, 0.5) is 0 Å². The van der Waals surface area contributed by atoms with Gasteiger partial charge in [-0.3, -0.25) is 4.18 Å². The Morgan fingerprint density at radius 1 is 1.27 bits per heavy atom. The van der Waals surface area contributed by atoms with Crippen LogP contribution in [-0.2, 0) is 20.9 Å². The van der Waals surface area contributed by atoms with Gasteiger partial charge in [-0.05, 0) is 24.1 Å². The molecule has 0 saturated heterocycles. The minimum Gasteiger partial charge on any atom is -0.497 e. The van der Waals surface area contributed by atoms with Crippen LogP contribution in [0.1, 0.15) is 5.56 Å². The molecule has 0 unspecified atom stereocenters. The maximum Gasteiger partial charge on any atom is 0.333 e. The van der Waals surface area contributed by atoms with Gasteiger partial charge in [0.1, 0.15) is 5.75 Å². The molecule has 5 nitrogen and oxygen atoms in total. The van der Waals surface area contributed by atoms with Crippen molar-refractivity contribution in [2.75, 3.05) is 13.7 Å². The van der Waals surface area contributed by atoms with E-state index in [0.29, 0.717) is 6.42 Å². The third kappa shape index (κ3) is 4.78. The number of ether oxygens (including phenoxy) is 1. The quantitative estimate of drug-likeness (QED) is 0.798. The van der Waals surface area contributed by atoms with Crippen LogP contribution in [0.3, 0.4) is 0 Å². The molecule has 0 saturated carbocycles. The number of rotatable bonds is 5. The maximum atomic E-state index is 10.5. The number of hydrogen-bond donors (Lipinski definition) is 1. The molecule has 0 spiro atoms. The highest BCUT2D eigenvalue weighted by molar-refractivity contribution is 7.84. The predicted molar refractivity (Wildman–Crippen MR) is 55.8 cm³/mol. The Labute approximate surface area is 89.1 Å². The Morgan fingerprint density at radius 3 is 2.33 bits per heavy atom. The molecule has 15 heavy (non-hydrogen) atoms. The average Bonchev–Trinajstić information content (AvgIpc) is 2.17. The van der Waals surface area contributed by atoms with Crippen LogP contribution in [0.15, 0.2) is 24.3 Å². The normalized spacial score (nSPS) is 11.3. The summed E-state index contributed by atoms with van der Waals surface area (Å²) in [5.41, 5.74) is 0.958. The molecule has 0 fully saturated rings. The van der Waals surface area contributed by atoms with Crippen molar-refractivity contribution in [2.24, 2.45) is 5.14 Å². The molecule has 84 valence electrons. The summed E-state index contributed by atoms with van der Waals surface area (Å²) in [4.78, 5) is 0. The van der Waals surface area contributed by atoms with Crippen molar-refractivity contribution in [3.63, 3.8) is 0 Å². The summed E-state index contributed by atoms with van der Waals surface area (Å²) in [6, 6.07) is 7.27. The molecule has 0 bridgehead atoms. The highest BCUT2D eigenvalue weighted by Crippen LogP contribution is 2.11. The molecule has 0 aliphatic rings. The highest BCUT2D eigenvalue weighted by Gasteiger charge is 2.02. The standard InChI is InChI=1S/C9H13NO4S/c1-13-9-4-2-8(3-5-9)6-7-14-15(10,11)12/h2-5H,6-7H2,1H3,(H2,10,11,12). The van der Waals surface area contributed by atoms with Crippen LogP contribution in [-0.4, -0.2) is 22.1 Å². The number of nitrogens with two attached hydrogens (primary N) is 1. The number of methoxy groups -OCH3 is 1. The first-order valence-electron chi connectivity index (χ1n) is 4.31. The SMILES string of the molecule is COc1ccc(CCOS(N)(=O)=O)cc1. The van der Waals surface area contributed by atoms with Gasteiger partial charge in [0, 0.05) is 0 Å². The lowest BCUT2D eigenvalue weighted by Gasteiger charge is -2.03. The Bertz CT molecular complexity index is 399. The van der Waals surface area contributed by atoms with Crippen molar-refractivity contribution in [3.05, 3.63) is 29.8 Å². The third-order valence-electron chi connectivity index (χ3n) is 1.80. The minimum atomic E-state index is -3.83. The van der Waals surface area contributed by atoms with Crippen molar-refractivity contribution in [2.45, 2.75) is 6.42 Å². The monoisotopic (exact) mass is 231 g/mol. The van der Waals surface area contributed by atoms with E-state index in [0.717, 1.165) is 11.3 Å². The number of hydrogen-bond acceptors (Lipinski definition) is 4. The Balaban J connectivity index is 2.45. The molecule has 0 atom stereocenters. The number of benzene rings is 1. The summed E-state index contributed by atoms with van der Waals surface area (Å²) in [6.45, 7) is 0.0468. The van der Waals surface area contributed by atoms with E-state index in [-0.39, 0.29) is 6.61 Å². The molecule has 0 aromatic heterocycles. The zero-order valence-electron chi connectivity index (χ0n) is 8.34. The van der Waals surface area contributed by atoms with Crippen molar-refractivity contribution in [1.82, 2.24) is 0 Å². The third-order valence-corrected chi connectivity index (χ3v) is 2.29. The van der Waals surface area contributed by atoms with E-state index in [1.54, 1.807) is 19.2 Å².